The highest BCUT2D eigenvalue weighted by Gasteiger charge is 2.17. The van der Waals surface area contributed by atoms with Gasteiger partial charge in [-0.2, -0.15) is 0 Å². The van der Waals surface area contributed by atoms with Crippen molar-refractivity contribution in [2.45, 2.75) is 33.2 Å². The molecule has 0 aromatic heterocycles. The van der Waals surface area contributed by atoms with Crippen LogP contribution in [0.1, 0.15) is 42.3 Å². The summed E-state index contributed by atoms with van der Waals surface area (Å²) in [6.45, 7) is 8.11. The summed E-state index contributed by atoms with van der Waals surface area (Å²) >= 11 is 0. The van der Waals surface area contributed by atoms with Gasteiger partial charge in [-0.25, -0.2) is 0 Å². The number of aryl methyl sites for hydroxylation is 1. The van der Waals surface area contributed by atoms with E-state index in [0.717, 1.165) is 5.56 Å². The van der Waals surface area contributed by atoms with E-state index in [1.165, 1.54) is 0 Å². The second-order valence-corrected chi connectivity index (χ2v) is 6.90. The molecule has 1 amide bonds. The Morgan fingerprint density at radius 2 is 1.67 bits per heavy atom. The number of hydrogen-bond donors (Lipinski definition) is 2. The van der Waals surface area contributed by atoms with Gasteiger partial charge in [0.25, 0.3) is 0 Å². The minimum absolute atomic E-state index is 0.0987. The van der Waals surface area contributed by atoms with Gasteiger partial charge in [-0.15, -0.1) is 0 Å². The lowest BCUT2D eigenvalue weighted by Gasteiger charge is -2.20. The molecule has 0 saturated carbocycles. The summed E-state index contributed by atoms with van der Waals surface area (Å²) in [5.41, 5.74) is 2.47. The van der Waals surface area contributed by atoms with E-state index in [1.807, 2.05) is 58.0 Å². The molecule has 0 spiro atoms. The predicted octanol–water partition coefficient (Wildman–Crippen LogP) is 3.55. The van der Waals surface area contributed by atoms with Crippen LogP contribution < -0.4 is 10.6 Å². The molecule has 2 rings (SSSR count). The minimum Gasteiger partial charge on any atom is -0.324 e. The second-order valence-electron chi connectivity index (χ2n) is 6.90. The Kier molecular flexibility index (Phi) is 5.52. The van der Waals surface area contributed by atoms with Crippen molar-refractivity contribution in [1.82, 2.24) is 5.32 Å². The number of carbonyl (C=O) groups excluding carboxylic acids is 2. The van der Waals surface area contributed by atoms with Gasteiger partial charge in [-0.3, -0.25) is 9.59 Å². The molecule has 0 saturated heterocycles. The van der Waals surface area contributed by atoms with Crippen LogP contribution in [0.25, 0.3) is 0 Å². The highest BCUT2D eigenvalue weighted by atomic mass is 16.2. The summed E-state index contributed by atoms with van der Waals surface area (Å²) < 4.78 is 0. The number of ketones is 1. The number of benzene rings is 2. The largest absolute Gasteiger partial charge is 0.324 e. The van der Waals surface area contributed by atoms with Crippen LogP contribution in [0.3, 0.4) is 0 Å². The molecule has 2 N–H and O–H groups in total. The number of amides is 1. The molecule has 0 bridgehead atoms. The van der Waals surface area contributed by atoms with Crippen molar-refractivity contribution in [3.8, 4) is 0 Å². The molecule has 0 aliphatic heterocycles. The summed E-state index contributed by atoms with van der Waals surface area (Å²) in [5.74, 6) is -0.269. The van der Waals surface area contributed by atoms with E-state index in [2.05, 4.69) is 10.6 Å². The maximum absolute atomic E-state index is 12.8. The van der Waals surface area contributed by atoms with Crippen molar-refractivity contribution < 1.29 is 9.59 Å². The normalized spacial score (nSPS) is 11.2. The van der Waals surface area contributed by atoms with Crippen molar-refractivity contribution in [2.24, 2.45) is 0 Å². The first-order valence-corrected chi connectivity index (χ1v) is 8.01. The van der Waals surface area contributed by atoms with Crippen molar-refractivity contribution in [3.63, 3.8) is 0 Å². The van der Waals surface area contributed by atoms with Crippen LogP contribution in [0.4, 0.5) is 5.69 Å². The molecule has 2 aromatic rings. The van der Waals surface area contributed by atoms with E-state index in [1.54, 1.807) is 18.2 Å². The maximum atomic E-state index is 12.8. The molecule has 0 atom stereocenters. The van der Waals surface area contributed by atoms with Crippen LogP contribution in [-0.2, 0) is 4.79 Å². The van der Waals surface area contributed by atoms with Crippen LogP contribution in [0, 0.1) is 6.92 Å². The predicted molar refractivity (Wildman–Crippen MR) is 97.4 cm³/mol. The molecule has 2 aromatic carbocycles. The lowest BCUT2D eigenvalue weighted by molar-refractivity contribution is -0.115. The Balaban J connectivity index is 2.22. The highest BCUT2D eigenvalue weighted by Crippen LogP contribution is 2.21. The highest BCUT2D eigenvalue weighted by molar-refractivity contribution is 6.14. The fourth-order valence-corrected chi connectivity index (χ4v) is 2.24. The first kappa shape index (κ1) is 17.9. The maximum Gasteiger partial charge on any atom is 0.238 e. The van der Waals surface area contributed by atoms with Gasteiger partial charge in [0, 0.05) is 16.7 Å². The zero-order valence-electron chi connectivity index (χ0n) is 14.6. The number of carbonyl (C=O) groups is 2. The summed E-state index contributed by atoms with van der Waals surface area (Å²) in [4.78, 5) is 24.9. The van der Waals surface area contributed by atoms with Gasteiger partial charge in [0.05, 0.1) is 12.2 Å². The zero-order valence-corrected chi connectivity index (χ0v) is 14.6. The van der Waals surface area contributed by atoms with Crippen molar-refractivity contribution in [3.05, 3.63) is 65.2 Å². The third-order valence-electron chi connectivity index (χ3n) is 3.51. The third kappa shape index (κ3) is 5.03. The lowest BCUT2D eigenvalue weighted by Crippen LogP contribution is -2.41. The summed E-state index contributed by atoms with van der Waals surface area (Å²) in [7, 11) is 0. The number of hydrogen-bond acceptors (Lipinski definition) is 3. The molecule has 4 heteroatoms. The van der Waals surface area contributed by atoms with Crippen LogP contribution in [0.5, 0.6) is 0 Å². The average Bonchev–Trinajstić information content (AvgIpc) is 2.54. The first-order chi connectivity index (χ1) is 11.3. The van der Waals surface area contributed by atoms with Crippen LogP contribution in [0.2, 0.25) is 0 Å². The van der Waals surface area contributed by atoms with Crippen LogP contribution in [0.15, 0.2) is 48.5 Å². The van der Waals surface area contributed by atoms with Crippen molar-refractivity contribution in [1.29, 1.82) is 0 Å². The molecule has 0 aliphatic carbocycles. The summed E-state index contributed by atoms with van der Waals surface area (Å²) in [6.07, 6.45) is 0. The van der Waals surface area contributed by atoms with E-state index in [9.17, 15) is 9.59 Å². The van der Waals surface area contributed by atoms with Crippen molar-refractivity contribution in [2.75, 3.05) is 11.9 Å². The van der Waals surface area contributed by atoms with Gasteiger partial charge >= 0.3 is 0 Å². The Hall–Kier alpha value is -2.46. The molecule has 24 heavy (non-hydrogen) atoms. The summed E-state index contributed by atoms with van der Waals surface area (Å²) in [6, 6.07) is 14.5. The molecular formula is C20H24N2O2. The lowest BCUT2D eigenvalue weighted by atomic mass is 9.99. The van der Waals surface area contributed by atoms with Gasteiger partial charge in [-0.1, -0.05) is 42.0 Å². The smallest absolute Gasteiger partial charge is 0.238 e. The minimum atomic E-state index is -0.170. The van der Waals surface area contributed by atoms with Gasteiger partial charge in [0.2, 0.25) is 5.91 Å². The fraction of sp³-hybridized carbons (Fsp3) is 0.300. The molecule has 0 fully saturated rings. The van der Waals surface area contributed by atoms with E-state index in [0.29, 0.717) is 16.8 Å². The van der Waals surface area contributed by atoms with Gasteiger partial charge in [0.15, 0.2) is 5.78 Å². The molecule has 0 aliphatic rings. The Morgan fingerprint density at radius 3 is 2.29 bits per heavy atom. The van der Waals surface area contributed by atoms with E-state index in [4.69, 9.17) is 0 Å². The summed E-state index contributed by atoms with van der Waals surface area (Å²) in [5, 5.41) is 5.98. The van der Waals surface area contributed by atoms with Crippen molar-refractivity contribution >= 4 is 17.4 Å². The number of nitrogens with one attached hydrogen (secondary N) is 2. The monoisotopic (exact) mass is 324 g/mol. The van der Waals surface area contributed by atoms with Gasteiger partial charge < -0.3 is 10.6 Å². The number of anilines is 1. The SMILES string of the molecule is Cc1ccc(NC(=O)CNC(C)(C)C)c(C(=O)c2ccccc2)c1. The Labute approximate surface area is 143 Å². The van der Waals surface area contributed by atoms with Crippen LogP contribution >= 0.6 is 0 Å². The molecule has 0 radical (unpaired) electrons. The topological polar surface area (TPSA) is 58.2 Å². The molecule has 0 heterocycles. The fourth-order valence-electron chi connectivity index (χ4n) is 2.24. The first-order valence-electron chi connectivity index (χ1n) is 8.01. The third-order valence-corrected chi connectivity index (χ3v) is 3.51. The van der Waals surface area contributed by atoms with Gasteiger partial charge in [-0.05, 0) is 39.8 Å². The Bertz CT molecular complexity index is 731. The van der Waals surface area contributed by atoms with Gasteiger partial charge in [0.1, 0.15) is 0 Å². The van der Waals surface area contributed by atoms with E-state index in [-0.39, 0.29) is 23.8 Å². The van der Waals surface area contributed by atoms with E-state index >= 15 is 0 Å². The zero-order chi connectivity index (χ0) is 17.7. The van der Waals surface area contributed by atoms with E-state index < -0.39 is 0 Å². The quantitative estimate of drug-likeness (QED) is 0.827. The second kappa shape index (κ2) is 7.41. The molecule has 126 valence electrons. The Morgan fingerprint density at radius 1 is 1.00 bits per heavy atom. The molecule has 4 nitrogen and oxygen atoms in total. The number of rotatable bonds is 5. The molecular weight excluding hydrogens is 300 g/mol. The standard InChI is InChI=1S/C20H24N2O2/c1-14-10-11-17(22-18(23)13-21-20(2,3)4)16(12-14)19(24)15-8-6-5-7-9-15/h5-12,21H,13H2,1-4H3,(H,22,23). The van der Waals surface area contributed by atoms with Crippen LogP contribution in [-0.4, -0.2) is 23.8 Å². The average molecular weight is 324 g/mol. The molecule has 0 unspecified atom stereocenters.